The summed E-state index contributed by atoms with van der Waals surface area (Å²) < 4.78 is 25.3. The number of esters is 2. The van der Waals surface area contributed by atoms with E-state index in [0.29, 0.717) is 50.7 Å². The number of ether oxygens (including phenoxy) is 4. The minimum absolute atomic E-state index is 0.181. The molecule has 0 unspecified atom stereocenters. The van der Waals surface area contributed by atoms with E-state index in [1.807, 2.05) is 53.6 Å². The van der Waals surface area contributed by atoms with Gasteiger partial charge < -0.3 is 39.3 Å². The lowest BCUT2D eigenvalue weighted by atomic mass is 9.65. The summed E-state index contributed by atoms with van der Waals surface area (Å²) in [4.78, 5) is 28.1. The molecule has 2 bridgehead atoms. The first-order valence-electron chi connectivity index (χ1n) is 17.9. The molecule has 2 heterocycles. The number of aliphatic hydroxyl groups excluding tert-OH is 1. The maximum Gasteiger partial charge on any atom is 0.311 e. The molecule has 0 aromatic heterocycles. The summed E-state index contributed by atoms with van der Waals surface area (Å²) in [7, 11) is 3.86. The van der Waals surface area contributed by atoms with Gasteiger partial charge in [0, 0.05) is 18.8 Å². The van der Waals surface area contributed by atoms with Gasteiger partial charge in [0.25, 0.3) is 0 Å². The predicted molar refractivity (Wildman–Crippen MR) is 183 cm³/mol. The van der Waals surface area contributed by atoms with E-state index in [0.717, 1.165) is 5.57 Å². The van der Waals surface area contributed by atoms with Gasteiger partial charge in [-0.05, 0) is 97.1 Å². The summed E-state index contributed by atoms with van der Waals surface area (Å²) in [6, 6.07) is -0.181. The SMILES string of the molecule is C=C1CC[C@@H]2[C@@H](C)/C(=N/O)[C@H](C)C[C@@](C)(CC1)[C@H](O[C@@H]1O[C@H](C)C[C@H](N(C)C)[C@H]1OC(C)=O)[C@@H](C)[C@H](O)[C@@H](C)C(=O)O[C@H](CC)[C@@]2(C)O. The Morgan fingerprint density at radius 3 is 2.33 bits per heavy atom. The van der Waals surface area contributed by atoms with Gasteiger partial charge in [0.15, 0.2) is 12.4 Å². The molecule has 1 aliphatic carbocycles. The molecule has 14 atom stereocenters. The number of cyclic esters (lactones) is 1. The van der Waals surface area contributed by atoms with Crippen molar-refractivity contribution in [3.63, 3.8) is 0 Å². The minimum Gasteiger partial charge on any atom is -0.459 e. The number of allylic oxidation sites excluding steroid dienone is 1. The fraction of sp³-hybridized carbons (Fsp3) is 0.865. The van der Waals surface area contributed by atoms with Crippen LogP contribution < -0.4 is 0 Å². The molecule has 11 nitrogen and oxygen atoms in total. The van der Waals surface area contributed by atoms with E-state index >= 15 is 0 Å². The van der Waals surface area contributed by atoms with Crippen molar-refractivity contribution in [2.24, 2.45) is 40.2 Å². The third-order valence-electron chi connectivity index (χ3n) is 11.8. The van der Waals surface area contributed by atoms with Gasteiger partial charge in [-0.1, -0.05) is 51.9 Å². The van der Waals surface area contributed by atoms with E-state index in [4.69, 9.17) is 18.9 Å². The van der Waals surface area contributed by atoms with Crippen LogP contribution in [0.25, 0.3) is 0 Å². The molecular weight excluding hydrogens is 616 g/mol. The molecule has 48 heavy (non-hydrogen) atoms. The Morgan fingerprint density at radius 2 is 1.77 bits per heavy atom. The first kappa shape index (κ1) is 40.4. The molecule has 2 saturated heterocycles. The normalized spacial score (nSPS) is 44.8. The predicted octanol–water partition coefficient (Wildman–Crippen LogP) is 5.33. The lowest BCUT2D eigenvalue weighted by Crippen LogP contribution is -2.59. The van der Waals surface area contributed by atoms with Crippen molar-refractivity contribution in [1.82, 2.24) is 4.90 Å². The minimum atomic E-state index is -1.45. The Balaban J connectivity index is 2.26. The number of likely N-dealkylation sites (N-methyl/N-ethyl adjacent to an activating group) is 1. The second-order valence-electron chi connectivity index (χ2n) is 15.9. The Bertz CT molecular complexity index is 1160. The van der Waals surface area contributed by atoms with Gasteiger partial charge in [-0.15, -0.1) is 0 Å². The monoisotopic (exact) mass is 680 g/mol. The lowest BCUT2D eigenvalue weighted by Gasteiger charge is -2.49. The molecule has 3 fully saturated rings. The maximum atomic E-state index is 13.7. The van der Waals surface area contributed by atoms with Crippen molar-refractivity contribution < 1.29 is 44.0 Å². The molecule has 1 saturated carbocycles. The van der Waals surface area contributed by atoms with Crippen LogP contribution in [0.15, 0.2) is 17.3 Å². The number of carbonyl (C=O) groups is 2. The Hall–Kier alpha value is -2.05. The van der Waals surface area contributed by atoms with E-state index in [1.165, 1.54) is 6.92 Å². The molecule has 276 valence electrons. The molecule has 0 amide bonds. The average Bonchev–Trinajstić information content (AvgIpc) is 3.01. The van der Waals surface area contributed by atoms with Gasteiger partial charge in [-0.2, -0.15) is 0 Å². The van der Waals surface area contributed by atoms with Crippen LogP contribution >= 0.6 is 0 Å². The maximum absolute atomic E-state index is 13.7. The van der Waals surface area contributed by atoms with Gasteiger partial charge >= 0.3 is 11.9 Å². The van der Waals surface area contributed by atoms with E-state index in [2.05, 4.69) is 18.7 Å². The topological polar surface area (TPSA) is 147 Å². The Kier molecular flexibility index (Phi) is 13.7. The smallest absolute Gasteiger partial charge is 0.311 e. The zero-order valence-corrected chi connectivity index (χ0v) is 31.3. The lowest BCUT2D eigenvalue weighted by molar-refractivity contribution is -0.295. The van der Waals surface area contributed by atoms with E-state index in [9.17, 15) is 25.0 Å². The molecule has 0 aromatic carbocycles. The second-order valence-corrected chi connectivity index (χ2v) is 15.9. The number of nitrogens with zero attached hydrogens (tertiary/aromatic N) is 2. The Morgan fingerprint density at radius 1 is 1.12 bits per heavy atom. The van der Waals surface area contributed by atoms with E-state index < -0.39 is 71.4 Å². The van der Waals surface area contributed by atoms with Crippen molar-refractivity contribution in [2.45, 2.75) is 156 Å². The highest BCUT2D eigenvalue weighted by Crippen LogP contribution is 2.47. The van der Waals surface area contributed by atoms with Crippen molar-refractivity contribution >= 4 is 17.7 Å². The van der Waals surface area contributed by atoms with Crippen LogP contribution in [-0.2, 0) is 28.5 Å². The summed E-state index contributed by atoms with van der Waals surface area (Å²) in [6.45, 7) is 20.9. The summed E-state index contributed by atoms with van der Waals surface area (Å²) in [6.07, 6.45) is -0.676. The molecule has 0 spiro atoms. The zero-order valence-electron chi connectivity index (χ0n) is 31.3. The van der Waals surface area contributed by atoms with Gasteiger partial charge in [-0.25, -0.2) is 0 Å². The van der Waals surface area contributed by atoms with Gasteiger partial charge in [0.1, 0.15) is 11.7 Å². The first-order valence-corrected chi connectivity index (χ1v) is 17.9. The highest BCUT2D eigenvalue weighted by molar-refractivity contribution is 5.88. The highest BCUT2D eigenvalue weighted by Gasteiger charge is 2.52. The van der Waals surface area contributed by atoms with E-state index in [-0.39, 0.29) is 24.0 Å². The molecule has 0 aromatic rings. The number of hydrogen-bond acceptors (Lipinski definition) is 11. The summed E-state index contributed by atoms with van der Waals surface area (Å²) in [5.41, 5.74) is -0.559. The standard InChI is InChI=1S/C37H64N2O9/c1-13-29-37(10,43)27-15-14-20(2)16-17-36(9,19-21(3)30(38-44)23(27)5)33(24(6)31(41)25(7)34(42)47-29)48-35-32(46-26(8)40)28(39(11)12)18-22(4)45-35/h21-25,27-29,31-33,35,41,43-44H,2,13-19H2,1,3-12H3/b38-30+/t21-,22-,23-,24+,25-,27-,28+,29-,31+,32-,33-,35+,36-,37+/m1/s1. The average molecular weight is 681 g/mol. The number of aliphatic hydroxyl groups is 2. The fourth-order valence-electron chi connectivity index (χ4n) is 8.91. The van der Waals surface area contributed by atoms with E-state index in [1.54, 1.807) is 13.8 Å². The van der Waals surface area contributed by atoms with Crippen LogP contribution in [0.2, 0.25) is 0 Å². The van der Waals surface area contributed by atoms with Crippen molar-refractivity contribution in [3.8, 4) is 0 Å². The van der Waals surface area contributed by atoms with Gasteiger partial charge in [0.05, 0.1) is 36.0 Å². The summed E-state index contributed by atoms with van der Waals surface area (Å²) in [5.74, 6) is -3.64. The molecule has 3 rings (SSSR count). The molecule has 3 N–H and O–H groups in total. The summed E-state index contributed by atoms with van der Waals surface area (Å²) in [5, 5.41) is 38.5. The third kappa shape index (κ3) is 8.81. The third-order valence-corrected chi connectivity index (χ3v) is 11.8. The fourth-order valence-corrected chi connectivity index (χ4v) is 8.91. The van der Waals surface area contributed by atoms with Crippen LogP contribution in [0, 0.1) is 35.0 Å². The van der Waals surface area contributed by atoms with Gasteiger partial charge in [-0.3, -0.25) is 9.59 Å². The van der Waals surface area contributed by atoms with Crippen LogP contribution in [-0.4, -0.2) is 101 Å². The molecular formula is C37H64N2O9. The number of fused-ring (bicyclic) bond motifs is 5. The summed E-state index contributed by atoms with van der Waals surface area (Å²) >= 11 is 0. The molecule has 11 heteroatoms. The number of rotatable bonds is 5. The Labute approximate surface area is 288 Å². The number of oxime groups is 1. The quantitative estimate of drug-likeness (QED) is 0.151. The van der Waals surface area contributed by atoms with Gasteiger partial charge in [0.2, 0.25) is 0 Å². The van der Waals surface area contributed by atoms with Crippen LogP contribution in [0.3, 0.4) is 0 Å². The first-order chi connectivity index (χ1) is 22.3. The zero-order chi connectivity index (χ0) is 36.3. The molecule has 3 aliphatic rings. The number of hydrogen-bond donors (Lipinski definition) is 3. The van der Waals surface area contributed by atoms with Crippen molar-refractivity contribution in [1.29, 1.82) is 0 Å². The largest absolute Gasteiger partial charge is 0.459 e. The second kappa shape index (κ2) is 16.3. The molecule has 2 aliphatic heterocycles. The van der Waals surface area contributed by atoms with Crippen LogP contribution in [0.4, 0.5) is 0 Å². The van der Waals surface area contributed by atoms with Crippen molar-refractivity contribution in [3.05, 3.63) is 12.2 Å². The van der Waals surface area contributed by atoms with Crippen LogP contribution in [0.1, 0.15) is 107 Å². The van der Waals surface area contributed by atoms with Crippen LogP contribution in [0.5, 0.6) is 0 Å². The highest BCUT2D eigenvalue weighted by atomic mass is 16.7. The molecule has 0 radical (unpaired) electrons. The van der Waals surface area contributed by atoms with Crippen molar-refractivity contribution in [2.75, 3.05) is 14.1 Å². The number of carbonyl (C=O) groups excluding carboxylic acids is 2.